The lowest BCUT2D eigenvalue weighted by Crippen LogP contribution is -2.46. The van der Waals surface area contributed by atoms with Gasteiger partial charge >= 0.3 is 0 Å². The lowest BCUT2D eigenvalue weighted by molar-refractivity contribution is -0.124. The number of hydrogen-bond donors (Lipinski definition) is 1. The highest BCUT2D eigenvalue weighted by molar-refractivity contribution is 5.83. The zero-order valence-corrected chi connectivity index (χ0v) is 15.7. The van der Waals surface area contributed by atoms with Crippen LogP contribution in [0.25, 0.3) is 0 Å². The van der Waals surface area contributed by atoms with E-state index in [0.29, 0.717) is 0 Å². The fraction of sp³-hybridized carbons (Fsp3) is 0.333. The van der Waals surface area contributed by atoms with E-state index in [2.05, 4.69) is 50.0 Å². The van der Waals surface area contributed by atoms with Crippen LogP contribution in [0, 0.1) is 0 Å². The van der Waals surface area contributed by atoms with Gasteiger partial charge in [0.2, 0.25) is 5.91 Å². The molecule has 4 rings (SSSR count). The molecule has 144 valence electrons. The molecule has 28 heavy (non-hydrogen) atoms. The van der Waals surface area contributed by atoms with Crippen molar-refractivity contribution in [2.75, 3.05) is 13.1 Å². The Hall–Kier alpha value is -3.06. The number of carbonyl (C=O) groups excluding carboxylic acids is 1. The summed E-state index contributed by atoms with van der Waals surface area (Å²) in [5.74, 6) is -0.0694. The Bertz CT molecular complexity index is 860. The summed E-state index contributed by atoms with van der Waals surface area (Å²) in [6.45, 7) is 2.90. The Morgan fingerprint density at radius 2 is 1.71 bits per heavy atom. The Morgan fingerprint density at radius 1 is 1.04 bits per heavy atom. The molecule has 1 aromatic heterocycles. The van der Waals surface area contributed by atoms with Crippen molar-refractivity contribution < 1.29 is 4.79 Å². The van der Waals surface area contributed by atoms with Crippen molar-refractivity contribution in [3.8, 4) is 0 Å². The van der Waals surface area contributed by atoms with Crippen LogP contribution in [-0.4, -0.2) is 50.1 Å². The van der Waals surface area contributed by atoms with Gasteiger partial charge in [-0.15, -0.1) is 5.10 Å². The van der Waals surface area contributed by atoms with E-state index in [-0.39, 0.29) is 11.9 Å². The molecule has 1 saturated heterocycles. The summed E-state index contributed by atoms with van der Waals surface area (Å²) in [7, 11) is 0. The van der Waals surface area contributed by atoms with Crippen LogP contribution in [0.15, 0.2) is 67.0 Å². The van der Waals surface area contributed by atoms with Crippen LogP contribution >= 0.6 is 0 Å². The number of nitrogens with zero attached hydrogens (tertiary/aromatic N) is 5. The molecule has 0 bridgehead atoms. The van der Waals surface area contributed by atoms with Crippen LogP contribution in [0.3, 0.4) is 0 Å². The molecular weight excluding hydrogens is 352 g/mol. The fourth-order valence-corrected chi connectivity index (χ4v) is 3.70. The highest BCUT2D eigenvalue weighted by Crippen LogP contribution is 2.19. The zero-order chi connectivity index (χ0) is 19.2. The van der Waals surface area contributed by atoms with Crippen molar-refractivity contribution in [1.82, 2.24) is 30.4 Å². The van der Waals surface area contributed by atoms with Crippen LogP contribution in [-0.2, 0) is 11.3 Å². The number of piperidine rings is 1. The van der Waals surface area contributed by atoms with Crippen molar-refractivity contribution in [3.05, 3.63) is 78.1 Å². The van der Waals surface area contributed by atoms with Gasteiger partial charge in [0.15, 0.2) is 6.04 Å². The Kier molecular flexibility index (Phi) is 5.72. The lowest BCUT2D eigenvalue weighted by Gasteiger charge is -2.33. The maximum atomic E-state index is 13.0. The van der Waals surface area contributed by atoms with E-state index < -0.39 is 6.04 Å². The first kappa shape index (κ1) is 18.3. The van der Waals surface area contributed by atoms with Gasteiger partial charge in [-0.25, -0.2) is 4.68 Å². The summed E-state index contributed by atoms with van der Waals surface area (Å²) >= 11 is 0. The molecule has 1 N–H and O–H groups in total. The van der Waals surface area contributed by atoms with Gasteiger partial charge in [0, 0.05) is 25.7 Å². The van der Waals surface area contributed by atoms with Gasteiger partial charge in [0.05, 0.1) is 0 Å². The molecule has 1 fully saturated rings. The van der Waals surface area contributed by atoms with Crippen molar-refractivity contribution >= 4 is 5.91 Å². The number of likely N-dealkylation sites (tertiary alicyclic amines) is 1. The number of tetrazole rings is 1. The second kappa shape index (κ2) is 8.75. The molecule has 1 unspecified atom stereocenters. The minimum Gasteiger partial charge on any atom is -0.351 e. The molecular formula is C21H24N6O. The second-order valence-electron chi connectivity index (χ2n) is 7.15. The standard InChI is InChI=1S/C21H24N6O/c28-21(20(27-16-22-24-25-27)18-9-5-2-6-10-18)23-19-11-13-26(14-12-19)15-17-7-3-1-4-8-17/h1-10,16,19-20H,11-15H2,(H,23,28). The molecule has 7 nitrogen and oxygen atoms in total. The molecule has 7 heteroatoms. The van der Waals surface area contributed by atoms with Crippen LogP contribution in [0.4, 0.5) is 0 Å². The minimum atomic E-state index is -0.557. The Morgan fingerprint density at radius 3 is 2.36 bits per heavy atom. The fourth-order valence-electron chi connectivity index (χ4n) is 3.70. The number of nitrogens with one attached hydrogen (secondary N) is 1. The topological polar surface area (TPSA) is 75.9 Å². The van der Waals surface area contributed by atoms with E-state index in [1.54, 1.807) is 0 Å². The predicted molar refractivity (Wildman–Crippen MR) is 105 cm³/mol. The van der Waals surface area contributed by atoms with Crippen molar-refractivity contribution in [2.24, 2.45) is 0 Å². The third kappa shape index (κ3) is 4.43. The molecule has 1 aliphatic heterocycles. The van der Waals surface area contributed by atoms with Crippen molar-refractivity contribution in [2.45, 2.75) is 31.5 Å². The summed E-state index contributed by atoms with van der Waals surface area (Å²) in [6, 6.07) is 19.7. The SMILES string of the molecule is O=C(NC1CCN(Cc2ccccc2)CC1)C(c1ccccc1)n1cnnn1. The molecule has 1 aliphatic rings. The maximum absolute atomic E-state index is 13.0. The van der Waals surface area contributed by atoms with E-state index >= 15 is 0 Å². The molecule has 0 spiro atoms. The highest BCUT2D eigenvalue weighted by Gasteiger charge is 2.27. The van der Waals surface area contributed by atoms with Gasteiger partial charge in [-0.3, -0.25) is 9.69 Å². The third-order valence-corrected chi connectivity index (χ3v) is 5.18. The quantitative estimate of drug-likeness (QED) is 0.713. The minimum absolute atomic E-state index is 0.0694. The molecule has 1 amide bonds. The number of carbonyl (C=O) groups is 1. The van der Waals surface area contributed by atoms with Crippen LogP contribution < -0.4 is 5.32 Å². The predicted octanol–water partition coefficient (Wildman–Crippen LogP) is 2.04. The molecule has 0 saturated carbocycles. The molecule has 0 aliphatic carbocycles. The number of amides is 1. The van der Waals surface area contributed by atoms with E-state index in [4.69, 9.17) is 0 Å². The van der Waals surface area contributed by atoms with Gasteiger partial charge in [-0.05, 0) is 34.4 Å². The summed E-state index contributed by atoms with van der Waals surface area (Å²) in [6.07, 6.45) is 3.37. The average Bonchev–Trinajstić information content (AvgIpc) is 3.25. The molecule has 2 heterocycles. The summed E-state index contributed by atoms with van der Waals surface area (Å²) < 4.78 is 1.51. The van der Waals surface area contributed by atoms with Crippen molar-refractivity contribution in [3.63, 3.8) is 0 Å². The zero-order valence-electron chi connectivity index (χ0n) is 15.7. The first-order valence-corrected chi connectivity index (χ1v) is 9.63. The summed E-state index contributed by atoms with van der Waals surface area (Å²) in [5.41, 5.74) is 2.20. The van der Waals surface area contributed by atoms with Gasteiger partial charge < -0.3 is 5.32 Å². The van der Waals surface area contributed by atoms with E-state index in [1.807, 2.05) is 36.4 Å². The van der Waals surface area contributed by atoms with Gasteiger partial charge in [-0.2, -0.15) is 0 Å². The van der Waals surface area contributed by atoms with Crippen LogP contribution in [0.2, 0.25) is 0 Å². The van der Waals surface area contributed by atoms with Gasteiger partial charge in [0.25, 0.3) is 0 Å². The first-order valence-electron chi connectivity index (χ1n) is 9.63. The second-order valence-corrected chi connectivity index (χ2v) is 7.15. The largest absolute Gasteiger partial charge is 0.351 e. The Balaban J connectivity index is 1.36. The number of aromatic nitrogens is 4. The van der Waals surface area contributed by atoms with E-state index in [0.717, 1.165) is 38.0 Å². The van der Waals surface area contributed by atoms with E-state index in [9.17, 15) is 4.79 Å². The van der Waals surface area contributed by atoms with Crippen molar-refractivity contribution in [1.29, 1.82) is 0 Å². The van der Waals surface area contributed by atoms with Crippen LogP contribution in [0.1, 0.15) is 30.0 Å². The summed E-state index contributed by atoms with van der Waals surface area (Å²) in [5, 5.41) is 14.5. The van der Waals surface area contributed by atoms with Gasteiger partial charge in [0.1, 0.15) is 6.33 Å². The number of benzene rings is 2. The normalized spacial score (nSPS) is 16.6. The molecule has 1 atom stereocenters. The first-order chi connectivity index (χ1) is 13.8. The average molecular weight is 376 g/mol. The maximum Gasteiger partial charge on any atom is 0.249 e. The van der Waals surface area contributed by atoms with Gasteiger partial charge in [-0.1, -0.05) is 60.7 Å². The molecule has 3 aromatic rings. The van der Waals surface area contributed by atoms with Crippen LogP contribution in [0.5, 0.6) is 0 Å². The summed E-state index contributed by atoms with van der Waals surface area (Å²) in [4.78, 5) is 15.5. The number of rotatable bonds is 6. The molecule has 0 radical (unpaired) electrons. The smallest absolute Gasteiger partial charge is 0.249 e. The number of hydrogen-bond acceptors (Lipinski definition) is 5. The third-order valence-electron chi connectivity index (χ3n) is 5.18. The lowest BCUT2D eigenvalue weighted by atomic mass is 10.0. The van der Waals surface area contributed by atoms with E-state index in [1.165, 1.54) is 16.6 Å². The highest BCUT2D eigenvalue weighted by atomic mass is 16.2. The molecule has 2 aromatic carbocycles. The monoisotopic (exact) mass is 376 g/mol. The Labute approximate surface area is 164 Å².